The molecule has 72 valence electrons. The zero-order valence-corrected chi connectivity index (χ0v) is 7.74. The predicted molar refractivity (Wildman–Crippen MR) is 52.7 cm³/mol. The highest BCUT2D eigenvalue weighted by Crippen LogP contribution is 2.15. The number of nitrogen functional groups attached to an aromatic ring is 1. The van der Waals surface area contributed by atoms with Crippen LogP contribution in [-0.4, -0.2) is 9.78 Å². The first-order chi connectivity index (χ1) is 6.66. The molecule has 0 atom stereocenters. The Labute approximate surface area is 81.0 Å². The van der Waals surface area contributed by atoms with Crippen molar-refractivity contribution in [1.29, 1.82) is 0 Å². The summed E-state index contributed by atoms with van der Waals surface area (Å²) in [5.74, 6) is -0.367. The van der Waals surface area contributed by atoms with E-state index in [1.165, 1.54) is 10.7 Å². The van der Waals surface area contributed by atoms with E-state index in [4.69, 9.17) is 5.73 Å². The van der Waals surface area contributed by atoms with Gasteiger partial charge in [-0.2, -0.15) is 5.10 Å². The molecular weight excluding hydrogens is 181 g/mol. The van der Waals surface area contributed by atoms with E-state index >= 15 is 0 Å². The fourth-order valence-corrected chi connectivity index (χ4v) is 1.26. The Morgan fingerprint density at radius 1 is 1.36 bits per heavy atom. The third-order valence-electron chi connectivity index (χ3n) is 1.94. The van der Waals surface area contributed by atoms with Gasteiger partial charge in [-0.15, -0.1) is 0 Å². The maximum Gasteiger partial charge on any atom is 0.150 e. The van der Waals surface area contributed by atoms with Crippen LogP contribution >= 0.6 is 0 Å². The van der Waals surface area contributed by atoms with E-state index in [0.29, 0.717) is 11.4 Å². The van der Waals surface area contributed by atoms with Crippen LogP contribution in [0.1, 0.15) is 5.69 Å². The summed E-state index contributed by atoms with van der Waals surface area (Å²) in [7, 11) is 0. The molecule has 4 heteroatoms. The van der Waals surface area contributed by atoms with Crippen LogP contribution in [0.2, 0.25) is 0 Å². The Bertz CT molecular complexity index is 462. The second-order valence-corrected chi connectivity index (χ2v) is 3.11. The van der Waals surface area contributed by atoms with E-state index in [9.17, 15) is 4.39 Å². The number of aryl methyl sites for hydroxylation is 1. The Kier molecular flexibility index (Phi) is 1.96. The molecule has 3 nitrogen and oxygen atoms in total. The number of hydrogen-bond acceptors (Lipinski definition) is 2. The van der Waals surface area contributed by atoms with Crippen LogP contribution in [0.15, 0.2) is 30.5 Å². The molecule has 1 aromatic carbocycles. The lowest BCUT2D eigenvalue weighted by molar-refractivity contribution is 0.611. The highest BCUT2D eigenvalue weighted by Gasteiger charge is 2.04. The Hall–Kier alpha value is -1.84. The standard InChI is InChI=1S/C10H10FN3/c1-7-4-5-14(13-7)10-3-2-8(12)6-9(10)11/h2-6H,12H2,1H3. The molecule has 1 heterocycles. The SMILES string of the molecule is Cc1ccn(-c2ccc(N)cc2F)n1. The van der Waals surface area contributed by atoms with Crippen molar-refractivity contribution in [3.63, 3.8) is 0 Å². The van der Waals surface area contributed by atoms with E-state index in [1.54, 1.807) is 18.3 Å². The van der Waals surface area contributed by atoms with Gasteiger partial charge in [0, 0.05) is 11.9 Å². The molecule has 2 rings (SSSR count). The topological polar surface area (TPSA) is 43.8 Å². The van der Waals surface area contributed by atoms with Gasteiger partial charge in [0.05, 0.1) is 5.69 Å². The molecule has 0 radical (unpaired) electrons. The van der Waals surface area contributed by atoms with Gasteiger partial charge in [0.1, 0.15) is 5.69 Å². The van der Waals surface area contributed by atoms with Crippen LogP contribution in [0, 0.1) is 12.7 Å². The van der Waals surface area contributed by atoms with Gasteiger partial charge in [0.15, 0.2) is 5.82 Å². The number of aromatic nitrogens is 2. The van der Waals surface area contributed by atoms with Crippen molar-refractivity contribution >= 4 is 5.69 Å². The molecule has 0 aliphatic heterocycles. The first-order valence-corrected chi connectivity index (χ1v) is 4.24. The van der Waals surface area contributed by atoms with Gasteiger partial charge in [0.2, 0.25) is 0 Å². The van der Waals surface area contributed by atoms with Crippen molar-refractivity contribution in [2.75, 3.05) is 5.73 Å². The molecule has 0 aliphatic rings. The molecule has 0 aliphatic carbocycles. The monoisotopic (exact) mass is 191 g/mol. The van der Waals surface area contributed by atoms with Crippen LogP contribution < -0.4 is 5.73 Å². The fourth-order valence-electron chi connectivity index (χ4n) is 1.26. The summed E-state index contributed by atoms with van der Waals surface area (Å²) in [5.41, 5.74) is 7.11. The normalized spacial score (nSPS) is 10.4. The smallest absolute Gasteiger partial charge is 0.150 e. The minimum absolute atomic E-state index is 0.367. The molecule has 14 heavy (non-hydrogen) atoms. The quantitative estimate of drug-likeness (QED) is 0.699. The largest absolute Gasteiger partial charge is 0.399 e. The molecule has 0 unspecified atom stereocenters. The average molecular weight is 191 g/mol. The molecule has 0 amide bonds. The van der Waals surface area contributed by atoms with Crippen molar-refractivity contribution in [3.8, 4) is 5.69 Å². The molecule has 1 aromatic heterocycles. The maximum atomic E-state index is 13.4. The Balaban J connectivity index is 2.52. The zero-order valence-electron chi connectivity index (χ0n) is 7.74. The lowest BCUT2D eigenvalue weighted by atomic mass is 10.3. The highest BCUT2D eigenvalue weighted by atomic mass is 19.1. The molecule has 2 aromatic rings. The lowest BCUT2D eigenvalue weighted by Crippen LogP contribution is -1.99. The van der Waals surface area contributed by atoms with E-state index < -0.39 is 0 Å². The fraction of sp³-hybridized carbons (Fsp3) is 0.100. The van der Waals surface area contributed by atoms with Crippen molar-refractivity contribution in [1.82, 2.24) is 9.78 Å². The van der Waals surface area contributed by atoms with Gasteiger partial charge < -0.3 is 5.73 Å². The van der Waals surface area contributed by atoms with Gasteiger partial charge in [-0.25, -0.2) is 9.07 Å². The maximum absolute atomic E-state index is 13.4. The second-order valence-electron chi connectivity index (χ2n) is 3.11. The van der Waals surface area contributed by atoms with Crippen molar-refractivity contribution in [2.45, 2.75) is 6.92 Å². The van der Waals surface area contributed by atoms with Crippen molar-refractivity contribution in [2.24, 2.45) is 0 Å². The summed E-state index contributed by atoms with van der Waals surface area (Å²) in [6, 6.07) is 6.36. The summed E-state index contributed by atoms with van der Waals surface area (Å²) in [6.07, 6.45) is 1.71. The Morgan fingerprint density at radius 2 is 2.14 bits per heavy atom. The third kappa shape index (κ3) is 1.46. The summed E-state index contributed by atoms with van der Waals surface area (Å²) in [6.45, 7) is 1.85. The van der Waals surface area contributed by atoms with Gasteiger partial charge in [0.25, 0.3) is 0 Å². The zero-order chi connectivity index (χ0) is 10.1. The van der Waals surface area contributed by atoms with E-state index in [-0.39, 0.29) is 5.82 Å². The van der Waals surface area contributed by atoms with Gasteiger partial charge in [-0.3, -0.25) is 0 Å². The molecule has 2 N–H and O–H groups in total. The number of hydrogen-bond donors (Lipinski definition) is 1. The van der Waals surface area contributed by atoms with E-state index in [2.05, 4.69) is 5.10 Å². The number of nitrogens with zero attached hydrogens (tertiary/aromatic N) is 2. The highest BCUT2D eigenvalue weighted by molar-refractivity contribution is 5.45. The third-order valence-corrected chi connectivity index (χ3v) is 1.94. The molecule has 0 bridgehead atoms. The van der Waals surface area contributed by atoms with Gasteiger partial charge in [-0.05, 0) is 31.2 Å². The number of rotatable bonds is 1. The number of halogens is 1. The first-order valence-electron chi connectivity index (χ1n) is 4.24. The molecule has 0 fully saturated rings. The second kappa shape index (κ2) is 3.14. The van der Waals surface area contributed by atoms with Crippen LogP contribution in [0.25, 0.3) is 5.69 Å². The van der Waals surface area contributed by atoms with Crippen LogP contribution in [-0.2, 0) is 0 Å². The van der Waals surface area contributed by atoms with E-state index in [1.807, 2.05) is 13.0 Å². The van der Waals surface area contributed by atoms with Crippen LogP contribution in [0.3, 0.4) is 0 Å². The molecule has 0 saturated carbocycles. The molecule has 0 spiro atoms. The number of nitrogens with two attached hydrogens (primary N) is 1. The molecule has 0 saturated heterocycles. The van der Waals surface area contributed by atoms with E-state index in [0.717, 1.165) is 5.69 Å². The lowest BCUT2D eigenvalue weighted by Gasteiger charge is -2.03. The number of anilines is 1. The summed E-state index contributed by atoms with van der Waals surface area (Å²) >= 11 is 0. The first kappa shape index (κ1) is 8.74. The minimum atomic E-state index is -0.367. The Morgan fingerprint density at radius 3 is 2.71 bits per heavy atom. The van der Waals surface area contributed by atoms with Gasteiger partial charge in [-0.1, -0.05) is 0 Å². The van der Waals surface area contributed by atoms with Crippen molar-refractivity contribution < 1.29 is 4.39 Å². The predicted octanol–water partition coefficient (Wildman–Crippen LogP) is 1.90. The minimum Gasteiger partial charge on any atom is -0.399 e. The van der Waals surface area contributed by atoms with Crippen molar-refractivity contribution in [3.05, 3.63) is 42.0 Å². The van der Waals surface area contributed by atoms with Gasteiger partial charge >= 0.3 is 0 Å². The summed E-state index contributed by atoms with van der Waals surface area (Å²) in [5, 5.41) is 4.11. The van der Waals surface area contributed by atoms with Crippen LogP contribution in [0.4, 0.5) is 10.1 Å². The number of benzene rings is 1. The summed E-state index contributed by atoms with van der Waals surface area (Å²) in [4.78, 5) is 0. The van der Waals surface area contributed by atoms with Crippen LogP contribution in [0.5, 0.6) is 0 Å². The summed E-state index contributed by atoms with van der Waals surface area (Å²) < 4.78 is 14.9. The average Bonchev–Trinajstić information content (AvgIpc) is 2.51. The molecular formula is C10H10FN3.